The lowest BCUT2D eigenvalue weighted by molar-refractivity contribution is 0.102. The average molecular weight is 442 g/mol. The van der Waals surface area contributed by atoms with Crippen molar-refractivity contribution in [2.75, 3.05) is 16.4 Å². The molecule has 0 bridgehead atoms. The smallest absolute Gasteiger partial charge is 0.255 e. The normalized spacial score (nSPS) is 10.9. The molecule has 0 aliphatic carbocycles. The van der Waals surface area contributed by atoms with E-state index in [1.807, 2.05) is 54.0 Å². The first-order valence-corrected chi connectivity index (χ1v) is 10.7. The fraction of sp³-hybridized carbons (Fsp3) is 0.0435. The van der Waals surface area contributed by atoms with Gasteiger partial charge in [0.15, 0.2) is 5.13 Å². The highest BCUT2D eigenvalue weighted by molar-refractivity contribution is 7.16. The number of nitrogens with two attached hydrogens (primary N) is 1. The molecule has 0 aliphatic rings. The number of aryl methyl sites for hydroxylation is 1. The Hall–Kier alpha value is -4.24. The maximum Gasteiger partial charge on any atom is 0.255 e. The third-order valence-electron chi connectivity index (χ3n) is 4.92. The minimum atomic E-state index is -0.268. The molecule has 1 aromatic carbocycles. The summed E-state index contributed by atoms with van der Waals surface area (Å²) in [7, 11) is 0. The lowest BCUT2D eigenvalue weighted by Gasteiger charge is -2.08. The van der Waals surface area contributed by atoms with Gasteiger partial charge in [-0.1, -0.05) is 12.1 Å². The number of benzene rings is 1. The van der Waals surface area contributed by atoms with Crippen molar-refractivity contribution in [2.24, 2.45) is 0 Å². The van der Waals surface area contributed by atoms with Gasteiger partial charge in [-0.3, -0.25) is 9.20 Å². The second-order valence-electron chi connectivity index (χ2n) is 7.09. The number of carbonyl (C=O) groups is 1. The summed E-state index contributed by atoms with van der Waals surface area (Å²) in [6.45, 7) is 2.03. The summed E-state index contributed by atoms with van der Waals surface area (Å²) in [5.41, 5.74) is 10.2. The van der Waals surface area contributed by atoms with E-state index in [1.165, 1.54) is 0 Å². The Kier molecular flexibility index (Phi) is 5.00. The van der Waals surface area contributed by atoms with Crippen LogP contribution in [0.25, 0.3) is 17.0 Å². The molecule has 158 valence electrons. The van der Waals surface area contributed by atoms with E-state index in [4.69, 9.17) is 10.7 Å². The molecule has 0 saturated carbocycles. The Labute approximate surface area is 187 Å². The lowest BCUT2D eigenvalue weighted by Crippen LogP contribution is -2.13. The van der Waals surface area contributed by atoms with Crippen LogP contribution in [0, 0.1) is 6.92 Å². The van der Waals surface area contributed by atoms with Crippen LogP contribution in [-0.2, 0) is 0 Å². The number of imidazole rings is 1. The van der Waals surface area contributed by atoms with Gasteiger partial charge in [0.1, 0.15) is 17.2 Å². The molecule has 5 rings (SSSR count). The van der Waals surface area contributed by atoms with E-state index in [1.54, 1.807) is 41.8 Å². The van der Waals surface area contributed by atoms with Crippen LogP contribution in [0.2, 0.25) is 0 Å². The van der Waals surface area contributed by atoms with E-state index in [0.717, 1.165) is 32.7 Å². The number of nitrogens with one attached hydrogen (secondary N) is 2. The Morgan fingerprint density at radius 2 is 2.00 bits per heavy atom. The van der Waals surface area contributed by atoms with Crippen LogP contribution in [0.4, 0.5) is 22.3 Å². The fourth-order valence-electron chi connectivity index (χ4n) is 3.37. The molecular formula is C23H19N7OS. The molecule has 0 atom stereocenters. The zero-order valence-electron chi connectivity index (χ0n) is 17.1. The first-order valence-electron chi connectivity index (χ1n) is 9.87. The maximum absolute atomic E-state index is 12.7. The van der Waals surface area contributed by atoms with E-state index >= 15 is 0 Å². The van der Waals surface area contributed by atoms with E-state index in [0.29, 0.717) is 11.3 Å². The number of hydrogen-bond acceptors (Lipinski definition) is 7. The molecule has 0 fully saturated rings. The summed E-state index contributed by atoms with van der Waals surface area (Å²) in [6, 6.07) is 16.5. The number of thiazole rings is 1. The zero-order chi connectivity index (χ0) is 22.1. The third-order valence-corrected chi connectivity index (χ3v) is 5.81. The summed E-state index contributed by atoms with van der Waals surface area (Å²) in [5.74, 6) is 0.00315. The van der Waals surface area contributed by atoms with Crippen molar-refractivity contribution in [1.82, 2.24) is 19.4 Å². The molecule has 4 N–H and O–H groups in total. The van der Waals surface area contributed by atoms with E-state index in [-0.39, 0.29) is 11.7 Å². The van der Waals surface area contributed by atoms with Gasteiger partial charge < -0.3 is 16.4 Å². The number of aromatic nitrogens is 4. The molecule has 0 spiro atoms. The van der Waals surface area contributed by atoms with Crippen LogP contribution in [0.15, 0.2) is 73.2 Å². The molecule has 5 aromatic rings. The van der Waals surface area contributed by atoms with Crippen molar-refractivity contribution in [3.05, 3.63) is 83.6 Å². The molecule has 4 heterocycles. The number of fused-ring (bicyclic) bond motifs is 1. The summed E-state index contributed by atoms with van der Waals surface area (Å²) in [5, 5.41) is 6.83. The van der Waals surface area contributed by atoms with Gasteiger partial charge >= 0.3 is 0 Å². The average Bonchev–Trinajstić information content (AvgIpc) is 3.38. The van der Waals surface area contributed by atoms with Crippen molar-refractivity contribution in [3.63, 3.8) is 0 Å². The number of anilines is 4. The van der Waals surface area contributed by atoms with Gasteiger partial charge in [-0.25, -0.2) is 15.0 Å². The van der Waals surface area contributed by atoms with Gasteiger partial charge in [0, 0.05) is 28.5 Å². The molecule has 32 heavy (non-hydrogen) atoms. The molecule has 0 radical (unpaired) electrons. The summed E-state index contributed by atoms with van der Waals surface area (Å²) >= 11 is 1.55. The molecule has 9 heteroatoms. The predicted molar refractivity (Wildman–Crippen MR) is 127 cm³/mol. The number of nitrogens with zero attached hydrogens (tertiary/aromatic N) is 4. The van der Waals surface area contributed by atoms with Crippen molar-refractivity contribution >= 4 is 45.2 Å². The minimum absolute atomic E-state index is 0.268. The van der Waals surface area contributed by atoms with Gasteiger partial charge in [0.25, 0.3) is 5.91 Å². The van der Waals surface area contributed by atoms with Crippen LogP contribution in [0.1, 0.15) is 15.2 Å². The highest BCUT2D eigenvalue weighted by Gasteiger charge is 2.15. The monoisotopic (exact) mass is 441 g/mol. The summed E-state index contributed by atoms with van der Waals surface area (Å²) < 4.78 is 2.01. The van der Waals surface area contributed by atoms with E-state index < -0.39 is 0 Å². The van der Waals surface area contributed by atoms with Crippen LogP contribution in [-0.4, -0.2) is 25.3 Å². The second kappa shape index (κ2) is 8.12. The first-order chi connectivity index (χ1) is 15.6. The van der Waals surface area contributed by atoms with Crippen molar-refractivity contribution in [2.45, 2.75) is 6.92 Å². The molecule has 0 aliphatic heterocycles. The quantitative estimate of drug-likeness (QED) is 0.363. The minimum Gasteiger partial charge on any atom is -0.382 e. The van der Waals surface area contributed by atoms with Gasteiger partial charge in [0.2, 0.25) is 0 Å². The molecule has 0 saturated heterocycles. The Morgan fingerprint density at radius 1 is 1.09 bits per heavy atom. The predicted octanol–water partition coefficient (Wildman–Crippen LogP) is 4.74. The Morgan fingerprint density at radius 3 is 2.88 bits per heavy atom. The SMILES string of the molecule is Cc1sc(Nc2cccc(C(=O)Nc3cccnc3N)c2)nc1-c1cnc2ccccn12. The highest BCUT2D eigenvalue weighted by Crippen LogP contribution is 2.32. The highest BCUT2D eigenvalue weighted by atomic mass is 32.1. The summed E-state index contributed by atoms with van der Waals surface area (Å²) in [4.78, 5) is 26.9. The molecule has 1 amide bonds. The first kappa shape index (κ1) is 19.7. The van der Waals surface area contributed by atoms with E-state index in [2.05, 4.69) is 20.6 Å². The topological polar surface area (TPSA) is 110 Å². The van der Waals surface area contributed by atoms with Crippen LogP contribution < -0.4 is 16.4 Å². The van der Waals surface area contributed by atoms with Gasteiger partial charge in [0.05, 0.1) is 17.6 Å². The number of carbonyl (C=O) groups excluding carboxylic acids is 1. The van der Waals surface area contributed by atoms with Crippen molar-refractivity contribution in [1.29, 1.82) is 0 Å². The van der Waals surface area contributed by atoms with Gasteiger partial charge in [-0.2, -0.15) is 0 Å². The molecular weight excluding hydrogens is 422 g/mol. The second-order valence-corrected chi connectivity index (χ2v) is 8.30. The largest absolute Gasteiger partial charge is 0.382 e. The number of hydrogen-bond donors (Lipinski definition) is 3. The molecule has 8 nitrogen and oxygen atoms in total. The number of pyridine rings is 2. The van der Waals surface area contributed by atoms with Crippen LogP contribution in [0.5, 0.6) is 0 Å². The van der Waals surface area contributed by atoms with Gasteiger partial charge in [-0.15, -0.1) is 11.3 Å². The third kappa shape index (κ3) is 3.77. The number of rotatable bonds is 5. The number of amides is 1. The van der Waals surface area contributed by atoms with Crippen molar-refractivity contribution in [3.8, 4) is 11.4 Å². The Bertz CT molecular complexity index is 1440. The standard InChI is InChI=1S/C23H19N7OS/c1-14-20(18-13-26-19-9-2-3-11-30(18)19)29-23(32-14)27-16-7-4-6-15(12-16)22(31)28-17-8-5-10-25-21(17)24/h2-13H,1H3,(H2,24,25)(H,27,29)(H,28,31). The van der Waals surface area contributed by atoms with Gasteiger partial charge in [-0.05, 0) is 49.4 Å². The number of nitrogen functional groups attached to an aromatic ring is 1. The summed E-state index contributed by atoms with van der Waals surface area (Å²) in [6.07, 6.45) is 5.38. The van der Waals surface area contributed by atoms with E-state index in [9.17, 15) is 4.79 Å². The maximum atomic E-state index is 12.7. The fourth-order valence-corrected chi connectivity index (χ4v) is 4.22. The lowest BCUT2D eigenvalue weighted by atomic mass is 10.2. The van der Waals surface area contributed by atoms with Crippen LogP contribution >= 0.6 is 11.3 Å². The Balaban J connectivity index is 1.38. The van der Waals surface area contributed by atoms with Crippen molar-refractivity contribution < 1.29 is 4.79 Å². The van der Waals surface area contributed by atoms with Crippen LogP contribution in [0.3, 0.4) is 0 Å². The molecule has 4 aromatic heterocycles. The molecule has 0 unspecified atom stereocenters. The zero-order valence-corrected chi connectivity index (χ0v) is 17.9.